The Morgan fingerprint density at radius 1 is 0.423 bits per heavy atom. The minimum atomic E-state index is -1.48. The number of benzene rings is 1. The summed E-state index contributed by atoms with van der Waals surface area (Å²) >= 11 is 23.2. The van der Waals surface area contributed by atoms with Crippen molar-refractivity contribution in [3.05, 3.63) is 29.8 Å². The van der Waals surface area contributed by atoms with Gasteiger partial charge in [-0.2, -0.15) is 75.8 Å². The summed E-state index contributed by atoms with van der Waals surface area (Å²) in [5.74, 6) is -6.32. The predicted molar refractivity (Wildman–Crippen MR) is 202 cm³/mol. The summed E-state index contributed by atoms with van der Waals surface area (Å²) in [4.78, 5) is 84.0. The molecule has 0 spiro atoms. The van der Waals surface area contributed by atoms with Crippen molar-refractivity contribution in [1.29, 1.82) is 0 Å². The Labute approximate surface area is 332 Å². The van der Waals surface area contributed by atoms with Gasteiger partial charge in [0.1, 0.15) is 57.4 Å². The molecule has 1 aromatic carbocycles. The number of thiol groups is 6. The highest BCUT2D eigenvalue weighted by Gasteiger charge is 2.38. The van der Waals surface area contributed by atoms with Crippen LogP contribution in [0.5, 0.6) is 5.75 Å². The molecule has 0 aliphatic heterocycles. The summed E-state index contributed by atoms with van der Waals surface area (Å²) in [6.07, 6.45) is 0. The third kappa shape index (κ3) is 18.9. The van der Waals surface area contributed by atoms with E-state index in [1.807, 2.05) is 0 Å². The summed E-state index contributed by atoms with van der Waals surface area (Å²) in [5, 5.41) is 0. The molecule has 1 aromatic rings. The first-order valence-electron chi connectivity index (χ1n) is 14.9. The van der Waals surface area contributed by atoms with Gasteiger partial charge < -0.3 is 42.6 Å². The van der Waals surface area contributed by atoms with Crippen LogP contribution in [0.25, 0.3) is 0 Å². The van der Waals surface area contributed by atoms with E-state index in [0.29, 0.717) is 0 Å². The second-order valence-corrected chi connectivity index (χ2v) is 12.5. The molecule has 0 N–H and O–H groups in total. The number of hydrogen-bond acceptors (Lipinski definition) is 22. The molecule has 52 heavy (non-hydrogen) atoms. The van der Waals surface area contributed by atoms with E-state index in [1.165, 1.54) is 24.3 Å². The second kappa shape index (κ2) is 26.2. The summed E-state index contributed by atoms with van der Waals surface area (Å²) in [6, 6.07) is 5.60. The Bertz CT molecular complexity index is 1230. The number of hydrogen-bond donors (Lipinski definition) is 6. The lowest BCUT2D eigenvalue weighted by molar-refractivity contribution is -0.167. The molecule has 0 saturated carbocycles. The van der Waals surface area contributed by atoms with Gasteiger partial charge in [0.05, 0.1) is 52.1 Å². The molecule has 0 aliphatic carbocycles. The van der Waals surface area contributed by atoms with Gasteiger partial charge in [-0.1, -0.05) is 0 Å². The van der Waals surface area contributed by atoms with E-state index in [1.54, 1.807) is 0 Å². The molecule has 0 fully saturated rings. The Morgan fingerprint density at radius 2 is 0.712 bits per heavy atom. The maximum Gasteiger partial charge on any atom is 0.338 e. The summed E-state index contributed by atoms with van der Waals surface area (Å²) < 4.78 is 47.7. The second-order valence-electron chi connectivity index (χ2n) is 10.6. The Morgan fingerprint density at radius 3 is 1.02 bits per heavy atom. The van der Waals surface area contributed by atoms with Gasteiger partial charge in [-0.3, -0.25) is 28.8 Å². The van der Waals surface area contributed by atoms with Gasteiger partial charge in [0.15, 0.2) is 6.79 Å². The van der Waals surface area contributed by atoms with Gasteiger partial charge in [0.2, 0.25) is 0 Å². The number of carbonyl (C=O) groups is 7. The monoisotopic (exact) mass is 848 g/mol. The molecule has 0 aliphatic rings. The van der Waals surface area contributed by atoms with Crippen molar-refractivity contribution in [2.75, 3.05) is 94.2 Å². The van der Waals surface area contributed by atoms with Crippen molar-refractivity contribution in [2.24, 2.45) is 10.8 Å². The predicted octanol–water partition coefficient (Wildman–Crippen LogP) is 1.01. The Balaban J connectivity index is 3.01. The first kappa shape index (κ1) is 47.4. The molecule has 0 saturated heterocycles. The highest BCUT2D eigenvalue weighted by atomic mass is 32.1. The van der Waals surface area contributed by atoms with E-state index in [-0.39, 0.29) is 79.1 Å². The summed E-state index contributed by atoms with van der Waals surface area (Å²) in [5.41, 5.74) is -2.75. The highest BCUT2D eigenvalue weighted by Crippen LogP contribution is 2.24. The van der Waals surface area contributed by atoms with Crippen LogP contribution in [0.3, 0.4) is 0 Å². The zero-order chi connectivity index (χ0) is 39.0. The smallest absolute Gasteiger partial charge is 0.338 e. The average molecular weight is 849 g/mol. The SMILES string of the molecule is O=C(CS)OCC(COCOc1ccc(C(=O)OCC(COC(=O)CS)(COC(=O)CS)COC(=O)CS)cc1)(COC(=O)CS)COC(=O)CS. The Hall–Kier alpha value is -2.63. The quantitative estimate of drug-likeness (QED) is 0.0253. The van der Waals surface area contributed by atoms with Gasteiger partial charge in [-0.25, -0.2) is 4.79 Å². The van der Waals surface area contributed by atoms with Crippen molar-refractivity contribution >= 4 is 118 Å². The average Bonchev–Trinajstić information content (AvgIpc) is 3.18. The van der Waals surface area contributed by atoms with E-state index in [9.17, 15) is 33.6 Å². The molecule has 0 atom stereocenters. The van der Waals surface area contributed by atoms with Crippen LogP contribution in [0.1, 0.15) is 10.4 Å². The Kier molecular flexibility index (Phi) is 23.9. The van der Waals surface area contributed by atoms with Crippen LogP contribution in [0, 0.1) is 10.8 Å². The number of rotatable bonds is 26. The first-order valence-corrected chi connectivity index (χ1v) is 18.7. The lowest BCUT2D eigenvalue weighted by Gasteiger charge is -2.31. The minimum absolute atomic E-state index is 0.0660. The molecule has 0 aromatic heterocycles. The van der Waals surface area contributed by atoms with Crippen molar-refractivity contribution in [3.8, 4) is 5.75 Å². The lowest BCUT2D eigenvalue weighted by atomic mass is 9.92. The van der Waals surface area contributed by atoms with E-state index in [2.05, 4.69) is 75.8 Å². The van der Waals surface area contributed by atoms with Gasteiger partial charge in [0.25, 0.3) is 0 Å². The maximum atomic E-state index is 13.0. The first-order chi connectivity index (χ1) is 24.8. The van der Waals surface area contributed by atoms with Gasteiger partial charge in [-0.05, 0) is 24.3 Å². The molecule has 22 heteroatoms. The summed E-state index contributed by atoms with van der Waals surface area (Å²) in [7, 11) is 0. The topological polar surface area (TPSA) is 203 Å². The molecular formula is C30H40O16S6. The van der Waals surface area contributed by atoms with E-state index in [0.717, 1.165) is 0 Å². The molecule has 0 amide bonds. The third-order valence-corrected chi connectivity index (χ3v) is 7.88. The molecule has 0 heterocycles. The fourth-order valence-electron chi connectivity index (χ4n) is 3.53. The zero-order valence-electron chi connectivity index (χ0n) is 27.6. The number of carbonyl (C=O) groups excluding carboxylic acids is 7. The fourth-order valence-corrected chi connectivity index (χ4v) is 4.08. The lowest BCUT2D eigenvalue weighted by Crippen LogP contribution is -2.44. The van der Waals surface area contributed by atoms with Crippen molar-refractivity contribution in [2.45, 2.75) is 0 Å². The number of ether oxygens (including phenoxy) is 9. The van der Waals surface area contributed by atoms with Gasteiger partial charge >= 0.3 is 41.8 Å². The molecule has 0 bridgehead atoms. The number of esters is 7. The van der Waals surface area contributed by atoms with Crippen LogP contribution in [0.2, 0.25) is 0 Å². The van der Waals surface area contributed by atoms with Crippen LogP contribution in [0.4, 0.5) is 0 Å². The summed E-state index contributed by atoms with van der Waals surface area (Å²) in [6.45, 7) is -3.62. The van der Waals surface area contributed by atoms with Crippen LogP contribution < -0.4 is 4.74 Å². The van der Waals surface area contributed by atoms with Crippen LogP contribution in [0.15, 0.2) is 24.3 Å². The standard InChI is InChI=1S/C30H40O16S6/c31-22(5-47)39-12-29(13-40-23(32)6-48,14-41-24(33)7-49)11-38-19-46-21-3-1-20(2-4-21)28(37)45-18-30(15-42-25(34)8-50,16-43-26(35)9-51)17-44-27(36)10-52/h1-4,47-52H,5-19H2. The molecule has 0 unspecified atom stereocenters. The highest BCUT2D eigenvalue weighted by molar-refractivity contribution is 7.81. The molecule has 0 radical (unpaired) electrons. The third-order valence-electron chi connectivity index (χ3n) is 6.33. The van der Waals surface area contributed by atoms with E-state index in [4.69, 9.17) is 42.6 Å². The van der Waals surface area contributed by atoms with Crippen LogP contribution in [-0.2, 0) is 66.7 Å². The maximum absolute atomic E-state index is 13.0. The largest absolute Gasteiger partial charge is 0.468 e. The van der Waals surface area contributed by atoms with Crippen molar-refractivity contribution in [1.82, 2.24) is 0 Å². The normalized spacial score (nSPS) is 11.1. The van der Waals surface area contributed by atoms with Crippen molar-refractivity contribution in [3.63, 3.8) is 0 Å². The fraction of sp³-hybridized carbons (Fsp3) is 0.567. The molecule has 292 valence electrons. The van der Waals surface area contributed by atoms with E-state index >= 15 is 0 Å². The molecule has 1 rings (SSSR count). The molecule has 16 nitrogen and oxygen atoms in total. The van der Waals surface area contributed by atoms with E-state index < -0.39 is 79.0 Å². The molecular weight excluding hydrogens is 809 g/mol. The van der Waals surface area contributed by atoms with Gasteiger partial charge in [-0.15, -0.1) is 0 Å². The van der Waals surface area contributed by atoms with Crippen LogP contribution >= 0.6 is 75.8 Å². The minimum Gasteiger partial charge on any atom is -0.468 e. The van der Waals surface area contributed by atoms with Crippen LogP contribution in [-0.4, -0.2) is 136 Å². The zero-order valence-corrected chi connectivity index (χ0v) is 33.0. The van der Waals surface area contributed by atoms with Crippen molar-refractivity contribution < 1.29 is 76.2 Å². The van der Waals surface area contributed by atoms with Gasteiger partial charge in [0, 0.05) is 0 Å².